The second kappa shape index (κ2) is 21.6. The number of nitro groups is 1. The third-order valence-electron chi connectivity index (χ3n) is 7.20. The van der Waals surface area contributed by atoms with E-state index < -0.39 is 55.3 Å². The summed E-state index contributed by atoms with van der Waals surface area (Å²) in [5.41, 5.74) is -0.0206. The Hall–Kier alpha value is -6.92. The highest BCUT2D eigenvalue weighted by Gasteiger charge is 2.26. The van der Waals surface area contributed by atoms with E-state index in [9.17, 15) is 37.7 Å². The molecule has 0 spiro atoms. The van der Waals surface area contributed by atoms with E-state index in [4.69, 9.17) is 59.2 Å². The van der Waals surface area contributed by atoms with Crippen molar-refractivity contribution in [1.82, 2.24) is 24.7 Å². The van der Waals surface area contributed by atoms with Crippen LogP contribution in [0.4, 0.5) is 16.4 Å². The number of methoxy groups -OCH3 is 2. The number of aromatic nitrogens is 4. The summed E-state index contributed by atoms with van der Waals surface area (Å²) < 4.78 is 45.8. The molecular formula is C36H28Cl3N7O14S2. The van der Waals surface area contributed by atoms with Crippen LogP contribution >= 0.6 is 46.1 Å². The smallest absolute Gasteiger partial charge is 0.347 e. The lowest BCUT2D eigenvalue weighted by Gasteiger charge is -2.09. The third kappa shape index (κ3) is 13.0. The number of aryl methyl sites for hydroxylation is 1. The number of pyridine rings is 1. The molecule has 0 radical (unpaired) electrons. The molecule has 3 heterocycles. The summed E-state index contributed by atoms with van der Waals surface area (Å²) in [6.45, 7) is 1.13. The van der Waals surface area contributed by atoms with Crippen molar-refractivity contribution in [2.75, 3.05) is 26.1 Å². The summed E-state index contributed by atoms with van der Waals surface area (Å²) in [6, 6.07) is 15.0. The highest BCUT2D eigenvalue weighted by atomic mass is 35.5. The topological polar surface area (TPSA) is 299 Å². The predicted octanol–water partition coefficient (Wildman–Crippen LogP) is 7.29. The molecule has 3 aromatic carbocycles. The van der Waals surface area contributed by atoms with E-state index in [0.717, 1.165) is 36.0 Å². The van der Waals surface area contributed by atoms with Gasteiger partial charge in [0.05, 0.1) is 29.2 Å². The van der Waals surface area contributed by atoms with Crippen molar-refractivity contribution < 1.29 is 61.7 Å². The number of anilines is 1. The Morgan fingerprint density at radius 2 is 1.65 bits per heavy atom. The number of nitrogens with one attached hydrogen (secondary N) is 2. The number of carboxylic acid groups (broad SMARTS) is 2. The molecule has 0 aliphatic carbocycles. The zero-order chi connectivity index (χ0) is 45.7. The van der Waals surface area contributed by atoms with Crippen LogP contribution in [0.2, 0.25) is 15.1 Å². The van der Waals surface area contributed by atoms with Gasteiger partial charge >= 0.3 is 29.9 Å². The first kappa shape index (κ1) is 47.8. The Morgan fingerprint density at radius 1 is 0.919 bits per heavy atom. The first-order valence-electron chi connectivity index (χ1n) is 16.6. The average molecular weight is 953 g/mol. The largest absolute Gasteiger partial charge is 0.480 e. The maximum absolute atomic E-state index is 12.1. The van der Waals surface area contributed by atoms with Gasteiger partial charge < -0.3 is 29.2 Å². The number of esters is 1. The quantitative estimate of drug-likeness (QED) is 0.0531. The van der Waals surface area contributed by atoms with Gasteiger partial charge in [-0.25, -0.2) is 32.3 Å². The summed E-state index contributed by atoms with van der Waals surface area (Å²) >= 11 is 18.5. The molecule has 3 aromatic heterocycles. The van der Waals surface area contributed by atoms with Gasteiger partial charge in [-0.2, -0.15) is 15.0 Å². The van der Waals surface area contributed by atoms with Gasteiger partial charge in [0, 0.05) is 28.7 Å². The van der Waals surface area contributed by atoms with Crippen LogP contribution in [0.15, 0.2) is 83.2 Å². The van der Waals surface area contributed by atoms with E-state index in [1.807, 2.05) is 0 Å². The van der Waals surface area contributed by atoms with E-state index in [1.165, 1.54) is 37.6 Å². The first-order valence-corrected chi connectivity index (χ1v) is 20.1. The SMILES string of the molecule is COC(=O)c1cc(Oc2ccc(Cl)cc2Cl)ccc1[N+](=O)[O-].COc1nc(C)nc(NC(=O)NS(=O)(=O)c2ccsc2C(=O)O)n1.O=C(O)COc1ccc(Cl)c2cccnc12. The molecule has 6 rings (SSSR count). The highest BCUT2D eigenvalue weighted by Crippen LogP contribution is 2.34. The van der Waals surface area contributed by atoms with Gasteiger partial charge in [-0.05, 0) is 66.9 Å². The Bertz CT molecular complexity index is 2780. The highest BCUT2D eigenvalue weighted by molar-refractivity contribution is 7.90. The zero-order valence-corrected chi connectivity index (χ0v) is 35.6. The van der Waals surface area contributed by atoms with Crippen LogP contribution in [0.5, 0.6) is 23.3 Å². The predicted molar refractivity (Wildman–Crippen MR) is 223 cm³/mol. The van der Waals surface area contributed by atoms with Crippen LogP contribution in [-0.4, -0.2) is 88.3 Å². The fraction of sp³-hybridized carbons (Fsp3) is 0.111. The lowest BCUT2D eigenvalue weighted by Crippen LogP contribution is -2.35. The molecule has 26 heteroatoms. The average Bonchev–Trinajstić information content (AvgIpc) is 3.74. The fourth-order valence-corrected chi connectivity index (χ4v) is 7.47. The minimum Gasteiger partial charge on any atom is -0.480 e. The summed E-state index contributed by atoms with van der Waals surface area (Å²) in [4.78, 5) is 69.6. The number of halogens is 3. The van der Waals surface area contributed by atoms with E-state index in [2.05, 4.69) is 30.0 Å². The number of thiophene rings is 1. The van der Waals surface area contributed by atoms with Crippen LogP contribution in [0.3, 0.4) is 0 Å². The Labute approximate surface area is 368 Å². The normalized spacial score (nSPS) is 10.5. The molecule has 0 atom stereocenters. The van der Waals surface area contributed by atoms with Crippen molar-refractivity contribution in [2.24, 2.45) is 0 Å². The van der Waals surface area contributed by atoms with Crippen molar-refractivity contribution in [2.45, 2.75) is 11.8 Å². The molecule has 4 N–H and O–H groups in total. The van der Waals surface area contributed by atoms with E-state index >= 15 is 0 Å². The van der Waals surface area contributed by atoms with Gasteiger partial charge in [0.15, 0.2) is 6.61 Å². The van der Waals surface area contributed by atoms with Crippen LogP contribution in [0, 0.1) is 17.0 Å². The Morgan fingerprint density at radius 3 is 2.29 bits per heavy atom. The van der Waals surface area contributed by atoms with Crippen molar-refractivity contribution in [1.29, 1.82) is 0 Å². The van der Waals surface area contributed by atoms with Crippen molar-refractivity contribution in [3.63, 3.8) is 0 Å². The van der Waals surface area contributed by atoms with Crippen LogP contribution in [0.25, 0.3) is 10.9 Å². The Kier molecular flexibility index (Phi) is 16.6. The Balaban J connectivity index is 0.000000208. The van der Waals surface area contributed by atoms with Crippen molar-refractivity contribution in [3.05, 3.63) is 120 Å². The van der Waals surface area contributed by atoms with Gasteiger partial charge in [0.2, 0.25) is 5.95 Å². The molecule has 0 bridgehead atoms. The van der Waals surface area contributed by atoms with Crippen molar-refractivity contribution in [3.8, 4) is 23.3 Å². The van der Waals surface area contributed by atoms with Crippen LogP contribution in [-0.2, 0) is 19.6 Å². The number of benzene rings is 3. The summed E-state index contributed by atoms with van der Waals surface area (Å²) in [7, 11) is -1.93. The molecule has 6 aromatic rings. The van der Waals surface area contributed by atoms with Crippen molar-refractivity contribution >= 4 is 103 Å². The number of nitro benzene ring substituents is 1. The number of sulfonamides is 1. The lowest BCUT2D eigenvalue weighted by molar-refractivity contribution is -0.385. The summed E-state index contributed by atoms with van der Waals surface area (Å²) in [6.07, 6.45) is 1.60. The maximum atomic E-state index is 12.1. The third-order valence-corrected chi connectivity index (χ3v) is 10.5. The van der Waals surface area contributed by atoms with Gasteiger partial charge in [0.1, 0.15) is 43.9 Å². The molecule has 0 aliphatic rings. The first-order chi connectivity index (χ1) is 29.3. The number of amides is 2. The molecule has 0 unspecified atom stereocenters. The molecular weight excluding hydrogens is 925 g/mol. The van der Waals surface area contributed by atoms with Crippen LogP contribution in [0.1, 0.15) is 25.9 Å². The molecule has 2 amide bonds. The molecule has 21 nitrogen and oxygen atoms in total. The zero-order valence-electron chi connectivity index (χ0n) is 31.7. The summed E-state index contributed by atoms with van der Waals surface area (Å²) in [5, 5.41) is 33.8. The number of carbonyl (C=O) groups is 4. The van der Waals surface area contributed by atoms with Gasteiger partial charge in [-0.15, -0.1) is 11.3 Å². The number of hydrogen-bond acceptors (Lipinski definition) is 17. The second-order valence-electron chi connectivity index (χ2n) is 11.4. The number of aliphatic carboxylic acids is 1. The minimum absolute atomic E-state index is 0.0633. The van der Waals surface area contributed by atoms with Gasteiger partial charge in [-0.3, -0.25) is 20.4 Å². The molecule has 0 saturated carbocycles. The summed E-state index contributed by atoms with van der Waals surface area (Å²) in [5.74, 6) is -2.34. The number of ether oxygens (including phenoxy) is 4. The van der Waals surface area contributed by atoms with E-state index in [0.29, 0.717) is 27.1 Å². The number of aromatic carboxylic acids is 1. The number of carboxylic acids is 2. The molecule has 62 heavy (non-hydrogen) atoms. The van der Waals surface area contributed by atoms with E-state index in [-0.39, 0.29) is 39.8 Å². The number of hydrogen-bond donors (Lipinski definition) is 4. The van der Waals surface area contributed by atoms with Gasteiger partial charge in [0.25, 0.3) is 15.7 Å². The number of urea groups is 1. The molecule has 324 valence electrons. The fourth-order valence-electron chi connectivity index (χ4n) is 4.64. The van der Waals surface area contributed by atoms with E-state index in [1.54, 1.807) is 47.3 Å². The standard InChI is InChI=1S/C14H9Cl2NO5.C11H8ClNO3.C11H11N5O6S2/c1-21-14(18)10-7-9(3-4-12(10)17(19)20)22-13-5-2-8(15)6-11(13)16;12-8-3-4-9(16-6-10(14)15)11-7(8)2-1-5-13-11;1-5-12-9(15-11(13-5)22-2)14-10(19)16-24(20,21)6-3-4-23-7(6)8(17)18/h2-7H,1H3;1-5H,6H2,(H,14,15);3-4H,1-2H3,(H,17,18)(H2,12,13,14,15,16,19). The number of rotatable bonds is 12. The van der Waals surface area contributed by atoms with Gasteiger partial charge in [-0.1, -0.05) is 34.8 Å². The number of fused-ring (bicyclic) bond motifs is 1. The monoisotopic (exact) mass is 951 g/mol. The molecule has 0 aliphatic heterocycles. The molecule has 0 fully saturated rings. The minimum atomic E-state index is -4.37. The number of carbonyl (C=O) groups excluding carboxylic acids is 2. The second-order valence-corrected chi connectivity index (χ2v) is 15.2. The maximum Gasteiger partial charge on any atom is 0.347 e. The van der Waals surface area contributed by atoms with Crippen LogP contribution < -0.4 is 24.2 Å². The number of nitrogens with zero attached hydrogens (tertiary/aromatic N) is 5. The molecule has 0 saturated heterocycles. The lowest BCUT2D eigenvalue weighted by atomic mass is 10.1.